The van der Waals surface area contributed by atoms with Gasteiger partial charge in [-0.2, -0.15) is 5.26 Å². The number of sulfone groups is 1. The molecule has 194 valence electrons. The van der Waals surface area contributed by atoms with Crippen molar-refractivity contribution in [1.82, 2.24) is 10.2 Å². The summed E-state index contributed by atoms with van der Waals surface area (Å²) in [6.07, 6.45) is 4.00. The number of benzene rings is 2. The van der Waals surface area contributed by atoms with E-state index in [0.717, 1.165) is 18.4 Å². The number of nitrogens with one attached hydrogen (secondary N) is 1. The van der Waals surface area contributed by atoms with Crippen molar-refractivity contribution < 1.29 is 27.4 Å². The fourth-order valence-electron chi connectivity index (χ4n) is 3.04. The average Bonchev–Trinajstić information content (AvgIpc) is 3.37. The maximum atomic E-state index is 12.5. The van der Waals surface area contributed by atoms with Crippen LogP contribution in [0.3, 0.4) is 0 Å². The Labute approximate surface area is 219 Å². The molecular formula is C25H26N4O6S2. The molecule has 1 amide bonds. The molecule has 1 N–H and O–H groups in total. The Morgan fingerprint density at radius 2 is 1.84 bits per heavy atom. The number of anilines is 1. The Morgan fingerprint density at radius 3 is 2.46 bits per heavy atom. The summed E-state index contributed by atoms with van der Waals surface area (Å²) in [6, 6.07) is 14.8. The first kappa shape index (κ1) is 27.6. The molecule has 0 aliphatic heterocycles. The Bertz CT molecular complexity index is 1410. The number of carbonyl (C=O) groups is 1. The van der Waals surface area contributed by atoms with E-state index in [1.54, 1.807) is 18.2 Å². The molecule has 0 atom stereocenters. The second-order valence-electron chi connectivity index (χ2n) is 7.73. The molecular weight excluding hydrogens is 516 g/mol. The Morgan fingerprint density at radius 1 is 1.11 bits per heavy atom. The highest BCUT2D eigenvalue weighted by Crippen LogP contribution is 2.29. The lowest BCUT2D eigenvalue weighted by Crippen LogP contribution is -2.13. The van der Waals surface area contributed by atoms with E-state index < -0.39 is 15.7 Å². The first-order chi connectivity index (χ1) is 17.7. The van der Waals surface area contributed by atoms with Crippen LogP contribution < -0.4 is 19.5 Å². The van der Waals surface area contributed by atoms with Crippen LogP contribution in [0.25, 0.3) is 6.08 Å². The molecule has 3 rings (SSSR count). The van der Waals surface area contributed by atoms with Gasteiger partial charge in [-0.05, 0) is 47.9 Å². The third-order valence-electron chi connectivity index (χ3n) is 4.95. The highest BCUT2D eigenvalue weighted by atomic mass is 32.2. The number of methoxy groups -OCH3 is 1. The van der Waals surface area contributed by atoms with Crippen LogP contribution >= 0.6 is 11.3 Å². The first-order valence-corrected chi connectivity index (χ1v) is 13.9. The molecule has 37 heavy (non-hydrogen) atoms. The zero-order valence-electron chi connectivity index (χ0n) is 20.6. The zero-order chi connectivity index (χ0) is 26.8. The van der Waals surface area contributed by atoms with Gasteiger partial charge >= 0.3 is 0 Å². The standard InChI is InChI=1S/C25H26N4O6S2/c1-4-17-6-9-20(10-7-17)34-12-5-13-35-21-11-8-18(15-22(21)33-2)14-19(16-26)23(30)27-24-28-29-25(36-24)37(3,31)32/h6-11,14-15H,4-5,12-13H2,1-3H3,(H,27,28,30)/b19-14-. The van der Waals surface area contributed by atoms with Crippen molar-refractivity contribution in [2.75, 3.05) is 31.9 Å². The lowest BCUT2D eigenvalue weighted by molar-refractivity contribution is -0.112. The minimum Gasteiger partial charge on any atom is -0.493 e. The van der Waals surface area contributed by atoms with Gasteiger partial charge in [0.25, 0.3) is 5.91 Å². The highest BCUT2D eigenvalue weighted by molar-refractivity contribution is 7.92. The van der Waals surface area contributed by atoms with E-state index in [9.17, 15) is 18.5 Å². The van der Waals surface area contributed by atoms with Crippen LogP contribution in [-0.4, -0.2) is 51.1 Å². The molecule has 3 aromatic rings. The van der Waals surface area contributed by atoms with Gasteiger partial charge in [0, 0.05) is 12.7 Å². The van der Waals surface area contributed by atoms with Gasteiger partial charge in [0.1, 0.15) is 17.4 Å². The lowest BCUT2D eigenvalue weighted by Gasteiger charge is -2.12. The van der Waals surface area contributed by atoms with Crippen molar-refractivity contribution in [1.29, 1.82) is 5.26 Å². The van der Waals surface area contributed by atoms with Crippen LogP contribution in [0.15, 0.2) is 52.4 Å². The molecule has 0 unspecified atom stereocenters. The monoisotopic (exact) mass is 542 g/mol. The minimum absolute atomic E-state index is 0.0325. The topological polar surface area (TPSA) is 140 Å². The molecule has 12 heteroatoms. The fourth-order valence-corrected chi connectivity index (χ4v) is 4.54. The van der Waals surface area contributed by atoms with Gasteiger partial charge < -0.3 is 14.2 Å². The molecule has 10 nitrogen and oxygen atoms in total. The summed E-state index contributed by atoms with van der Waals surface area (Å²) in [4.78, 5) is 12.5. The van der Waals surface area contributed by atoms with Gasteiger partial charge in [0.2, 0.25) is 19.3 Å². The van der Waals surface area contributed by atoms with Crippen molar-refractivity contribution >= 4 is 38.3 Å². The van der Waals surface area contributed by atoms with Crippen molar-refractivity contribution in [3.05, 3.63) is 59.2 Å². The van der Waals surface area contributed by atoms with Crippen molar-refractivity contribution in [3.63, 3.8) is 0 Å². The largest absolute Gasteiger partial charge is 0.493 e. The molecule has 0 radical (unpaired) electrons. The van der Waals surface area contributed by atoms with Gasteiger partial charge in [-0.3, -0.25) is 10.1 Å². The molecule has 1 heterocycles. The summed E-state index contributed by atoms with van der Waals surface area (Å²) in [5.74, 6) is 1.01. The molecule has 1 aromatic heterocycles. The number of ether oxygens (including phenoxy) is 3. The molecule has 0 fully saturated rings. The van der Waals surface area contributed by atoms with Crippen LogP contribution in [0.5, 0.6) is 17.2 Å². The van der Waals surface area contributed by atoms with Crippen LogP contribution in [0.1, 0.15) is 24.5 Å². The molecule has 0 spiro atoms. The number of nitriles is 1. The normalized spacial score (nSPS) is 11.5. The van der Waals surface area contributed by atoms with E-state index in [2.05, 4.69) is 22.4 Å². The highest BCUT2D eigenvalue weighted by Gasteiger charge is 2.17. The second-order valence-corrected chi connectivity index (χ2v) is 10.9. The van der Waals surface area contributed by atoms with Crippen LogP contribution in [0, 0.1) is 11.3 Å². The number of aryl methyl sites for hydroxylation is 1. The van der Waals surface area contributed by atoms with Gasteiger partial charge in [-0.25, -0.2) is 8.42 Å². The predicted octanol–water partition coefficient (Wildman–Crippen LogP) is 3.91. The van der Waals surface area contributed by atoms with E-state index in [4.69, 9.17) is 14.2 Å². The Balaban J connectivity index is 1.57. The molecule has 0 bridgehead atoms. The zero-order valence-corrected chi connectivity index (χ0v) is 22.2. The minimum atomic E-state index is -3.55. The number of amides is 1. The van der Waals surface area contributed by atoms with Gasteiger partial charge in [-0.15, -0.1) is 10.2 Å². The predicted molar refractivity (Wildman–Crippen MR) is 140 cm³/mol. The van der Waals surface area contributed by atoms with E-state index in [1.165, 1.54) is 18.7 Å². The van der Waals surface area contributed by atoms with E-state index in [-0.39, 0.29) is 15.0 Å². The number of hydrogen-bond acceptors (Lipinski definition) is 10. The summed E-state index contributed by atoms with van der Waals surface area (Å²) in [7, 11) is -2.06. The van der Waals surface area contributed by atoms with Gasteiger partial charge in [0.05, 0.1) is 20.3 Å². The maximum Gasteiger partial charge on any atom is 0.268 e. The van der Waals surface area contributed by atoms with Crippen LogP contribution in [0.4, 0.5) is 5.13 Å². The van der Waals surface area contributed by atoms with E-state index in [1.807, 2.05) is 30.3 Å². The van der Waals surface area contributed by atoms with E-state index >= 15 is 0 Å². The lowest BCUT2D eigenvalue weighted by atomic mass is 10.1. The molecule has 0 saturated heterocycles. The number of aromatic nitrogens is 2. The van der Waals surface area contributed by atoms with Crippen LogP contribution in [-0.2, 0) is 21.1 Å². The SMILES string of the molecule is CCc1ccc(OCCCOc2ccc(/C=C(/C#N)C(=O)Nc3nnc(S(C)(=O)=O)s3)cc2OC)cc1. The van der Waals surface area contributed by atoms with Crippen molar-refractivity contribution in [3.8, 4) is 23.3 Å². The van der Waals surface area contributed by atoms with Crippen molar-refractivity contribution in [2.45, 2.75) is 24.1 Å². The molecule has 0 aliphatic carbocycles. The smallest absolute Gasteiger partial charge is 0.268 e. The maximum absolute atomic E-state index is 12.5. The fraction of sp³-hybridized carbons (Fsp3) is 0.280. The summed E-state index contributed by atoms with van der Waals surface area (Å²) >= 11 is 0.697. The molecule has 0 saturated carbocycles. The van der Waals surface area contributed by atoms with Crippen LogP contribution in [0.2, 0.25) is 0 Å². The number of hydrogen-bond donors (Lipinski definition) is 1. The summed E-state index contributed by atoms with van der Waals surface area (Å²) in [6.45, 7) is 3.00. The van der Waals surface area contributed by atoms with Gasteiger partial charge in [0.15, 0.2) is 11.5 Å². The third-order valence-corrected chi connectivity index (χ3v) is 7.46. The quantitative estimate of drug-likeness (QED) is 0.156. The summed E-state index contributed by atoms with van der Waals surface area (Å²) < 4.78 is 39.8. The number of carbonyl (C=O) groups excluding carboxylic acids is 1. The Kier molecular flexibility index (Phi) is 9.59. The second kappa shape index (κ2) is 12.8. The van der Waals surface area contributed by atoms with Crippen molar-refractivity contribution in [2.24, 2.45) is 0 Å². The molecule has 0 aliphatic rings. The van der Waals surface area contributed by atoms with Gasteiger partial charge in [-0.1, -0.05) is 36.5 Å². The average molecular weight is 543 g/mol. The number of rotatable bonds is 12. The van der Waals surface area contributed by atoms with E-state index in [0.29, 0.717) is 48.0 Å². The Hall–Kier alpha value is -3.95. The third kappa shape index (κ3) is 8.03. The number of nitrogens with zero attached hydrogens (tertiary/aromatic N) is 3. The summed E-state index contributed by atoms with van der Waals surface area (Å²) in [5.41, 5.74) is 1.57. The molecule has 2 aromatic carbocycles. The first-order valence-electron chi connectivity index (χ1n) is 11.2. The summed E-state index contributed by atoms with van der Waals surface area (Å²) in [5, 5.41) is 19.0.